The second-order valence-electron chi connectivity index (χ2n) is 3.20. The van der Waals surface area contributed by atoms with Gasteiger partial charge in [0.05, 0.1) is 0 Å². The smallest absolute Gasteiger partial charge is 0.157 e. The Bertz CT molecular complexity index is 236. The predicted octanol–water partition coefficient (Wildman–Crippen LogP) is 3.51. The quantitative estimate of drug-likeness (QED) is 0.506. The van der Waals surface area contributed by atoms with Crippen LogP contribution in [0.5, 0.6) is 0 Å². The molecule has 0 saturated heterocycles. The summed E-state index contributed by atoms with van der Waals surface area (Å²) in [4.78, 5) is 0. The van der Waals surface area contributed by atoms with Gasteiger partial charge in [0.2, 0.25) is 0 Å². The molecule has 2 heteroatoms. The number of allylic oxidation sites excluding steroid dienone is 4. The van der Waals surface area contributed by atoms with Gasteiger partial charge in [0.1, 0.15) is 0 Å². The van der Waals surface area contributed by atoms with Crippen LogP contribution in [0, 0.1) is 5.92 Å². The third-order valence-electron chi connectivity index (χ3n) is 2.27. The zero-order chi connectivity index (χ0) is 8.59. The van der Waals surface area contributed by atoms with Gasteiger partial charge in [-0.25, -0.2) is 8.78 Å². The van der Waals surface area contributed by atoms with Crippen LogP contribution in [0.2, 0.25) is 0 Å². The van der Waals surface area contributed by atoms with Crippen molar-refractivity contribution in [1.82, 2.24) is 0 Å². The van der Waals surface area contributed by atoms with E-state index in [1.54, 1.807) is 13.8 Å². The molecule has 0 radical (unpaired) electrons. The Morgan fingerprint density at radius 1 is 1.18 bits per heavy atom. The van der Waals surface area contributed by atoms with Crippen LogP contribution in [0.4, 0.5) is 8.78 Å². The highest BCUT2D eigenvalue weighted by Crippen LogP contribution is 2.34. The van der Waals surface area contributed by atoms with E-state index in [1.807, 2.05) is 6.92 Å². The summed E-state index contributed by atoms with van der Waals surface area (Å²) in [6, 6.07) is 0. The van der Waals surface area contributed by atoms with Crippen molar-refractivity contribution in [2.24, 2.45) is 5.92 Å². The largest absolute Gasteiger partial charge is 0.204 e. The van der Waals surface area contributed by atoms with Crippen LogP contribution in [-0.2, 0) is 0 Å². The number of hydrogen-bond donors (Lipinski definition) is 0. The second kappa shape index (κ2) is 2.76. The third kappa shape index (κ3) is 1.35. The van der Waals surface area contributed by atoms with E-state index in [0.29, 0.717) is 17.6 Å². The van der Waals surface area contributed by atoms with Gasteiger partial charge >= 0.3 is 0 Å². The summed E-state index contributed by atoms with van der Waals surface area (Å²) < 4.78 is 25.8. The van der Waals surface area contributed by atoms with Gasteiger partial charge in [0.15, 0.2) is 11.7 Å². The topological polar surface area (TPSA) is 0 Å². The van der Waals surface area contributed by atoms with E-state index in [-0.39, 0.29) is 5.92 Å². The molecule has 0 aliphatic heterocycles. The molecule has 0 aromatic heterocycles. The van der Waals surface area contributed by atoms with Crippen molar-refractivity contribution < 1.29 is 8.78 Å². The fraction of sp³-hybridized carbons (Fsp3) is 0.556. The second-order valence-corrected chi connectivity index (χ2v) is 3.20. The molecule has 0 bridgehead atoms. The number of halogens is 2. The Morgan fingerprint density at radius 3 is 2.27 bits per heavy atom. The van der Waals surface area contributed by atoms with Crippen molar-refractivity contribution in [2.75, 3.05) is 0 Å². The third-order valence-corrected chi connectivity index (χ3v) is 2.27. The first-order valence-corrected chi connectivity index (χ1v) is 3.76. The number of rotatable bonds is 0. The van der Waals surface area contributed by atoms with Gasteiger partial charge in [-0.05, 0) is 37.3 Å². The Labute approximate surface area is 65.6 Å². The van der Waals surface area contributed by atoms with Crippen molar-refractivity contribution in [3.63, 3.8) is 0 Å². The highest BCUT2D eigenvalue weighted by molar-refractivity contribution is 5.33. The Hall–Kier alpha value is -0.660. The van der Waals surface area contributed by atoms with Crippen LogP contribution in [0.25, 0.3) is 0 Å². The fourth-order valence-corrected chi connectivity index (χ4v) is 1.28. The standard InChI is InChI=1S/C9H12F2/c1-5-4-6(2)8(10)9(11)7(5)3/h5H,4H2,1-3H3. The Morgan fingerprint density at radius 2 is 1.73 bits per heavy atom. The zero-order valence-electron chi connectivity index (χ0n) is 7.04. The molecule has 0 heterocycles. The summed E-state index contributed by atoms with van der Waals surface area (Å²) in [5.74, 6) is -1.16. The molecule has 1 rings (SSSR count). The highest BCUT2D eigenvalue weighted by Gasteiger charge is 2.22. The molecular formula is C9H12F2. The van der Waals surface area contributed by atoms with Crippen molar-refractivity contribution in [1.29, 1.82) is 0 Å². The molecule has 0 saturated carbocycles. The fourth-order valence-electron chi connectivity index (χ4n) is 1.28. The molecular weight excluding hydrogens is 146 g/mol. The van der Waals surface area contributed by atoms with E-state index in [0.717, 1.165) is 0 Å². The lowest BCUT2D eigenvalue weighted by Gasteiger charge is -2.19. The molecule has 0 amide bonds. The normalized spacial score (nSPS) is 26.5. The monoisotopic (exact) mass is 158 g/mol. The minimum Gasteiger partial charge on any atom is -0.204 e. The molecule has 0 fully saturated rings. The van der Waals surface area contributed by atoms with Crippen molar-refractivity contribution in [3.8, 4) is 0 Å². The summed E-state index contributed by atoms with van der Waals surface area (Å²) in [6.45, 7) is 5.19. The maximum absolute atomic E-state index is 12.9. The van der Waals surface area contributed by atoms with Crippen LogP contribution in [0.15, 0.2) is 22.8 Å². The summed E-state index contributed by atoms with van der Waals surface area (Å²) in [6.07, 6.45) is 0.644. The molecule has 0 nitrogen and oxygen atoms in total. The Balaban J connectivity index is 3.07. The van der Waals surface area contributed by atoms with Gasteiger partial charge in [-0.1, -0.05) is 6.92 Å². The lowest BCUT2D eigenvalue weighted by molar-refractivity contribution is 0.480. The van der Waals surface area contributed by atoms with Gasteiger partial charge in [0.25, 0.3) is 0 Å². The summed E-state index contributed by atoms with van der Waals surface area (Å²) >= 11 is 0. The first-order chi connectivity index (χ1) is 5.04. The van der Waals surface area contributed by atoms with Gasteiger partial charge in [0, 0.05) is 0 Å². The maximum Gasteiger partial charge on any atom is 0.157 e. The molecule has 0 spiro atoms. The average Bonchev–Trinajstić information content (AvgIpc) is 1.97. The van der Waals surface area contributed by atoms with E-state index < -0.39 is 11.7 Å². The first-order valence-electron chi connectivity index (χ1n) is 3.76. The molecule has 1 aliphatic carbocycles. The lowest BCUT2D eigenvalue weighted by atomic mass is 9.89. The van der Waals surface area contributed by atoms with Crippen LogP contribution in [0.3, 0.4) is 0 Å². The summed E-state index contributed by atoms with van der Waals surface area (Å²) in [5, 5.41) is 0. The average molecular weight is 158 g/mol. The minimum atomic E-state index is -0.652. The van der Waals surface area contributed by atoms with Crippen LogP contribution in [0.1, 0.15) is 27.2 Å². The Kier molecular flexibility index (Phi) is 2.12. The minimum absolute atomic E-state index is 0.148. The predicted molar refractivity (Wildman–Crippen MR) is 41.4 cm³/mol. The van der Waals surface area contributed by atoms with E-state index >= 15 is 0 Å². The molecule has 1 unspecified atom stereocenters. The molecule has 0 N–H and O–H groups in total. The molecule has 1 aliphatic rings. The van der Waals surface area contributed by atoms with Crippen molar-refractivity contribution >= 4 is 0 Å². The van der Waals surface area contributed by atoms with E-state index in [2.05, 4.69) is 0 Å². The van der Waals surface area contributed by atoms with Gasteiger partial charge < -0.3 is 0 Å². The summed E-state index contributed by atoms with van der Waals surface area (Å²) in [5.41, 5.74) is 1.06. The van der Waals surface area contributed by atoms with Crippen LogP contribution in [-0.4, -0.2) is 0 Å². The molecule has 62 valence electrons. The van der Waals surface area contributed by atoms with Gasteiger partial charge in [-0.15, -0.1) is 0 Å². The first kappa shape index (κ1) is 8.44. The van der Waals surface area contributed by atoms with Crippen LogP contribution < -0.4 is 0 Å². The molecule has 11 heavy (non-hydrogen) atoms. The van der Waals surface area contributed by atoms with E-state index in [4.69, 9.17) is 0 Å². The van der Waals surface area contributed by atoms with Crippen molar-refractivity contribution in [2.45, 2.75) is 27.2 Å². The van der Waals surface area contributed by atoms with Gasteiger partial charge in [-0.3, -0.25) is 0 Å². The summed E-state index contributed by atoms with van der Waals surface area (Å²) in [7, 11) is 0. The maximum atomic E-state index is 12.9. The van der Waals surface area contributed by atoms with Crippen LogP contribution >= 0.6 is 0 Å². The SMILES string of the molecule is CC1=C(F)C(F)=C(C)C(C)C1. The van der Waals surface area contributed by atoms with E-state index in [1.165, 1.54) is 0 Å². The molecule has 0 aromatic carbocycles. The molecule has 0 aromatic rings. The highest BCUT2D eigenvalue weighted by atomic mass is 19.2. The number of hydrogen-bond acceptors (Lipinski definition) is 0. The van der Waals surface area contributed by atoms with Crippen molar-refractivity contribution in [3.05, 3.63) is 22.8 Å². The molecule has 1 atom stereocenters. The zero-order valence-corrected chi connectivity index (χ0v) is 7.04. The lowest BCUT2D eigenvalue weighted by Crippen LogP contribution is -2.06. The van der Waals surface area contributed by atoms with E-state index in [9.17, 15) is 8.78 Å². The van der Waals surface area contributed by atoms with Gasteiger partial charge in [-0.2, -0.15) is 0 Å².